The van der Waals surface area contributed by atoms with Gasteiger partial charge in [-0.1, -0.05) is 36.4 Å². The van der Waals surface area contributed by atoms with Gasteiger partial charge in [0.25, 0.3) is 0 Å². The number of benzene rings is 3. The molecule has 0 aliphatic heterocycles. The Kier molecular flexibility index (Phi) is 12.8. The number of hydrogen-bond donors (Lipinski definition) is 3. The number of ether oxygens (including phenoxy) is 4. The standard InChI is InChI=1S/C34H42N4O11S/c1-33(2,3)48-31(42)46-26-16-10-8-14-24(26)37(21-29(39)36-23-13-7-12-18-28(23)50(35,44)45)19-20-38(22-30(40)41)25-15-9-11-17-27(25)47-32(43)49-34(4,5)6/h7-18H,19-22H2,1-6H3,(H,36,39)(H,40,41)(H2,35,44,45). The molecule has 0 fully saturated rings. The van der Waals surface area contributed by atoms with Gasteiger partial charge in [0.1, 0.15) is 22.6 Å². The Morgan fingerprint density at radius 2 is 1.12 bits per heavy atom. The first-order valence-electron chi connectivity index (χ1n) is 15.3. The van der Waals surface area contributed by atoms with Crippen LogP contribution in [0.25, 0.3) is 0 Å². The minimum absolute atomic E-state index is 0.0259. The third kappa shape index (κ3) is 12.6. The van der Waals surface area contributed by atoms with E-state index in [-0.39, 0.29) is 46.5 Å². The van der Waals surface area contributed by atoms with Gasteiger partial charge in [0.05, 0.1) is 23.6 Å². The second-order valence-corrected chi connectivity index (χ2v) is 14.4. The smallest absolute Gasteiger partial charge is 0.480 e. The maximum Gasteiger partial charge on any atom is 0.514 e. The van der Waals surface area contributed by atoms with Crippen LogP contribution < -0.4 is 29.7 Å². The van der Waals surface area contributed by atoms with E-state index in [9.17, 15) is 32.7 Å². The quantitative estimate of drug-likeness (QED) is 0.158. The van der Waals surface area contributed by atoms with Gasteiger partial charge in [-0.2, -0.15) is 0 Å². The fourth-order valence-electron chi connectivity index (χ4n) is 4.49. The molecule has 0 bridgehead atoms. The molecule has 0 saturated carbocycles. The zero-order chi connectivity index (χ0) is 37.3. The van der Waals surface area contributed by atoms with E-state index in [1.807, 2.05) is 0 Å². The van der Waals surface area contributed by atoms with Gasteiger partial charge in [0.2, 0.25) is 15.9 Å². The van der Waals surface area contributed by atoms with Crippen molar-refractivity contribution in [2.75, 3.05) is 41.3 Å². The summed E-state index contributed by atoms with van der Waals surface area (Å²) in [5.74, 6) is -1.82. The summed E-state index contributed by atoms with van der Waals surface area (Å²) >= 11 is 0. The zero-order valence-corrected chi connectivity index (χ0v) is 29.5. The number of amides is 1. The second-order valence-electron chi connectivity index (χ2n) is 12.9. The van der Waals surface area contributed by atoms with Crippen molar-refractivity contribution in [1.82, 2.24) is 0 Å². The summed E-state index contributed by atoms with van der Waals surface area (Å²) < 4.78 is 45.8. The number of carbonyl (C=O) groups excluding carboxylic acids is 3. The van der Waals surface area contributed by atoms with Gasteiger partial charge in [-0.3, -0.25) is 9.59 Å². The lowest BCUT2D eigenvalue weighted by Crippen LogP contribution is -2.41. The molecule has 0 saturated heterocycles. The second kappa shape index (κ2) is 16.4. The van der Waals surface area contributed by atoms with Crippen molar-refractivity contribution in [1.29, 1.82) is 0 Å². The van der Waals surface area contributed by atoms with Crippen LogP contribution in [0, 0.1) is 0 Å². The normalized spacial score (nSPS) is 11.6. The van der Waals surface area contributed by atoms with Gasteiger partial charge >= 0.3 is 18.3 Å². The lowest BCUT2D eigenvalue weighted by atomic mass is 10.2. The van der Waals surface area contributed by atoms with Crippen molar-refractivity contribution in [3.63, 3.8) is 0 Å². The number of carboxylic acid groups (broad SMARTS) is 1. The summed E-state index contributed by atoms with van der Waals surface area (Å²) in [6.07, 6.45) is -2.00. The van der Waals surface area contributed by atoms with Crippen LogP contribution in [0.2, 0.25) is 0 Å². The molecule has 15 nitrogen and oxygen atoms in total. The van der Waals surface area contributed by atoms with Crippen LogP contribution in [-0.4, -0.2) is 75.1 Å². The van der Waals surface area contributed by atoms with Crippen molar-refractivity contribution < 1.29 is 51.6 Å². The first-order valence-corrected chi connectivity index (χ1v) is 16.9. The fraction of sp³-hybridized carbons (Fsp3) is 0.353. The predicted octanol–water partition coefficient (Wildman–Crippen LogP) is 5.00. The van der Waals surface area contributed by atoms with E-state index in [4.69, 9.17) is 24.1 Å². The summed E-state index contributed by atoms with van der Waals surface area (Å²) in [7, 11) is -4.19. The minimum Gasteiger partial charge on any atom is -0.480 e. The number of aliphatic carboxylic acids is 1. The highest BCUT2D eigenvalue weighted by Crippen LogP contribution is 2.32. The molecule has 270 valence electrons. The third-order valence-corrected chi connectivity index (χ3v) is 7.31. The van der Waals surface area contributed by atoms with Gasteiger partial charge < -0.3 is 39.2 Å². The average Bonchev–Trinajstić information content (AvgIpc) is 2.97. The molecule has 0 heterocycles. The van der Waals surface area contributed by atoms with Gasteiger partial charge in [-0.05, 0) is 77.9 Å². The average molecular weight is 715 g/mol. The fourth-order valence-corrected chi connectivity index (χ4v) is 5.18. The molecule has 0 aliphatic rings. The zero-order valence-electron chi connectivity index (χ0n) is 28.7. The summed E-state index contributed by atoms with van der Waals surface area (Å²) in [5.41, 5.74) is -1.28. The summed E-state index contributed by atoms with van der Waals surface area (Å²) in [6, 6.07) is 18.2. The number of rotatable bonds is 13. The number of carboxylic acids is 1. The van der Waals surface area contributed by atoms with E-state index in [1.54, 1.807) is 77.9 Å². The van der Waals surface area contributed by atoms with Crippen LogP contribution in [0.15, 0.2) is 77.7 Å². The number of primary sulfonamides is 1. The Morgan fingerprint density at radius 3 is 1.56 bits per heavy atom. The van der Waals surface area contributed by atoms with Crippen molar-refractivity contribution in [2.45, 2.75) is 57.6 Å². The Bertz CT molecular complexity index is 1800. The Hall–Kier alpha value is -5.35. The molecule has 3 aromatic carbocycles. The first-order chi connectivity index (χ1) is 23.2. The maximum atomic E-state index is 13.5. The van der Waals surface area contributed by atoms with E-state index in [1.165, 1.54) is 46.2 Å². The molecule has 0 unspecified atom stereocenters. The van der Waals surface area contributed by atoms with Crippen LogP contribution in [0.1, 0.15) is 41.5 Å². The van der Waals surface area contributed by atoms with Gasteiger partial charge in [0.15, 0.2) is 11.5 Å². The number of hydrogen-bond acceptors (Lipinski definition) is 12. The van der Waals surface area contributed by atoms with Crippen LogP contribution in [0.5, 0.6) is 11.5 Å². The largest absolute Gasteiger partial charge is 0.514 e. The molecular formula is C34H42N4O11S. The Labute approximate surface area is 290 Å². The van der Waals surface area contributed by atoms with E-state index < -0.39 is 58.5 Å². The molecule has 50 heavy (non-hydrogen) atoms. The SMILES string of the molecule is CC(C)(C)OC(=O)Oc1ccccc1N(CCN(CC(=O)Nc1ccccc1S(N)(=O)=O)c1ccccc1OC(=O)OC(C)(C)C)CC(=O)O. The molecule has 0 radical (unpaired) electrons. The molecule has 1 amide bonds. The van der Waals surface area contributed by atoms with Crippen molar-refractivity contribution in [3.05, 3.63) is 72.8 Å². The van der Waals surface area contributed by atoms with Crippen molar-refractivity contribution in [3.8, 4) is 11.5 Å². The maximum absolute atomic E-state index is 13.5. The molecule has 4 N–H and O–H groups in total. The number of anilines is 3. The number of nitrogens with one attached hydrogen (secondary N) is 1. The lowest BCUT2D eigenvalue weighted by molar-refractivity contribution is -0.135. The number of para-hydroxylation sites is 5. The van der Waals surface area contributed by atoms with Gasteiger partial charge in [-0.25, -0.2) is 23.1 Å². The van der Waals surface area contributed by atoms with E-state index in [2.05, 4.69) is 5.32 Å². The summed E-state index contributed by atoms with van der Waals surface area (Å²) in [4.78, 5) is 53.3. The number of nitrogens with two attached hydrogens (primary N) is 1. The van der Waals surface area contributed by atoms with E-state index in [0.717, 1.165) is 0 Å². The number of sulfonamides is 1. The molecule has 0 spiro atoms. The summed E-state index contributed by atoms with van der Waals surface area (Å²) in [5, 5.41) is 17.7. The van der Waals surface area contributed by atoms with Crippen LogP contribution in [0.3, 0.4) is 0 Å². The molecule has 3 aromatic rings. The minimum atomic E-state index is -4.19. The highest BCUT2D eigenvalue weighted by atomic mass is 32.2. The molecular weight excluding hydrogens is 672 g/mol. The predicted molar refractivity (Wildman–Crippen MR) is 185 cm³/mol. The summed E-state index contributed by atoms with van der Waals surface area (Å²) in [6.45, 7) is 8.90. The first kappa shape index (κ1) is 39.1. The molecule has 0 atom stereocenters. The Balaban J connectivity index is 2.00. The Morgan fingerprint density at radius 1 is 0.700 bits per heavy atom. The highest BCUT2D eigenvalue weighted by Gasteiger charge is 2.25. The van der Waals surface area contributed by atoms with Gasteiger partial charge in [0, 0.05) is 13.1 Å². The van der Waals surface area contributed by atoms with Crippen LogP contribution in [0.4, 0.5) is 26.7 Å². The number of nitrogens with zero attached hydrogens (tertiary/aromatic N) is 2. The topological polar surface area (TPSA) is 204 Å². The molecule has 0 aliphatic carbocycles. The third-order valence-electron chi connectivity index (χ3n) is 6.35. The van der Waals surface area contributed by atoms with Crippen molar-refractivity contribution in [2.24, 2.45) is 5.14 Å². The van der Waals surface area contributed by atoms with Crippen LogP contribution >= 0.6 is 0 Å². The van der Waals surface area contributed by atoms with Crippen molar-refractivity contribution >= 4 is 51.3 Å². The van der Waals surface area contributed by atoms with Crippen LogP contribution in [-0.2, 0) is 29.1 Å². The lowest BCUT2D eigenvalue weighted by Gasteiger charge is -2.31. The molecule has 3 rings (SSSR count). The highest BCUT2D eigenvalue weighted by molar-refractivity contribution is 7.89. The van der Waals surface area contributed by atoms with Gasteiger partial charge in [-0.15, -0.1) is 0 Å². The van der Waals surface area contributed by atoms with E-state index in [0.29, 0.717) is 0 Å². The number of carbonyl (C=O) groups is 4. The van der Waals surface area contributed by atoms with E-state index >= 15 is 0 Å². The molecule has 16 heteroatoms. The molecule has 0 aromatic heterocycles. The monoisotopic (exact) mass is 714 g/mol.